The fourth-order valence-corrected chi connectivity index (χ4v) is 3.81. The van der Waals surface area contributed by atoms with Crippen molar-refractivity contribution in [3.05, 3.63) is 60.4 Å². The van der Waals surface area contributed by atoms with Crippen molar-refractivity contribution in [2.24, 2.45) is 0 Å². The number of carbonyl (C=O) groups is 1. The molecule has 0 saturated carbocycles. The average molecular weight is 378 g/mol. The normalized spacial score (nSPS) is 11.8. The van der Waals surface area contributed by atoms with Crippen LogP contribution in [0, 0.1) is 5.82 Å². The summed E-state index contributed by atoms with van der Waals surface area (Å²) in [4.78, 5) is 12.0. The highest BCUT2D eigenvalue weighted by Gasteiger charge is 2.30. The van der Waals surface area contributed by atoms with Gasteiger partial charge < -0.3 is 5.32 Å². The SMILES string of the molecule is CCC(C)(C)NC(=O)CN(c1ccccc1)S(=O)(=O)c1ccccc1F. The van der Waals surface area contributed by atoms with E-state index in [4.69, 9.17) is 0 Å². The maximum Gasteiger partial charge on any atom is 0.267 e. The Hall–Kier alpha value is -2.41. The Morgan fingerprint density at radius 1 is 1.08 bits per heavy atom. The van der Waals surface area contributed by atoms with E-state index >= 15 is 0 Å². The van der Waals surface area contributed by atoms with E-state index in [0.717, 1.165) is 10.4 Å². The zero-order chi connectivity index (χ0) is 19.4. The van der Waals surface area contributed by atoms with Crippen LogP contribution in [0.4, 0.5) is 10.1 Å². The van der Waals surface area contributed by atoms with E-state index in [1.54, 1.807) is 30.3 Å². The summed E-state index contributed by atoms with van der Waals surface area (Å²) in [6, 6.07) is 13.3. The Labute approximate surface area is 153 Å². The highest BCUT2D eigenvalue weighted by atomic mass is 32.2. The number of nitrogens with zero attached hydrogens (tertiary/aromatic N) is 1. The number of anilines is 1. The second-order valence-electron chi connectivity index (χ2n) is 6.56. The van der Waals surface area contributed by atoms with Gasteiger partial charge in [0.05, 0.1) is 5.69 Å². The Morgan fingerprint density at radius 2 is 1.65 bits per heavy atom. The number of sulfonamides is 1. The molecule has 1 N–H and O–H groups in total. The summed E-state index contributed by atoms with van der Waals surface area (Å²) in [6.07, 6.45) is 0.685. The molecule has 2 aromatic carbocycles. The van der Waals surface area contributed by atoms with Crippen LogP contribution in [0.15, 0.2) is 59.5 Å². The average Bonchev–Trinajstić information content (AvgIpc) is 2.60. The summed E-state index contributed by atoms with van der Waals surface area (Å²) < 4.78 is 41.1. The molecule has 0 radical (unpaired) electrons. The molecule has 0 aliphatic carbocycles. The number of benzene rings is 2. The van der Waals surface area contributed by atoms with Crippen LogP contribution < -0.4 is 9.62 Å². The van der Waals surface area contributed by atoms with Gasteiger partial charge in [0.1, 0.15) is 17.3 Å². The third-order valence-electron chi connectivity index (χ3n) is 4.10. The lowest BCUT2D eigenvalue weighted by molar-refractivity contribution is -0.121. The molecule has 0 aliphatic rings. The number of hydrogen-bond acceptors (Lipinski definition) is 3. The van der Waals surface area contributed by atoms with Gasteiger partial charge in [-0.1, -0.05) is 37.3 Å². The smallest absolute Gasteiger partial charge is 0.267 e. The standard InChI is InChI=1S/C19H23FN2O3S/c1-4-19(2,3)21-18(23)14-22(15-10-6-5-7-11-15)26(24,25)17-13-9-8-12-16(17)20/h5-13H,4,14H2,1-3H3,(H,21,23). The van der Waals surface area contributed by atoms with Gasteiger partial charge in [-0.05, 0) is 44.5 Å². The Kier molecular flexibility index (Phi) is 6.02. The van der Waals surface area contributed by atoms with Crippen LogP contribution in [-0.2, 0) is 14.8 Å². The molecule has 1 amide bonds. The lowest BCUT2D eigenvalue weighted by atomic mass is 10.0. The first-order chi connectivity index (χ1) is 12.2. The van der Waals surface area contributed by atoms with Crippen molar-refractivity contribution in [1.82, 2.24) is 5.32 Å². The maximum absolute atomic E-state index is 14.1. The number of hydrogen-bond donors (Lipinski definition) is 1. The van der Waals surface area contributed by atoms with E-state index in [9.17, 15) is 17.6 Å². The van der Waals surface area contributed by atoms with Crippen molar-refractivity contribution in [3.63, 3.8) is 0 Å². The van der Waals surface area contributed by atoms with Crippen LogP contribution in [-0.4, -0.2) is 26.4 Å². The summed E-state index contributed by atoms with van der Waals surface area (Å²) in [5.41, 5.74) is -0.179. The van der Waals surface area contributed by atoms with Gasteiger partial charge in [0.15, 0.2) is 0 Å². The number of nitrogens with one attached hydrogen (secondary N) is 1. The third-order valence-corrected chi connectivity index (χ3v) is 5.90. The number of carbonyl (C=O) groups excluding carboxylic acids is 1. The minimum absolute atomic E-state index is 0.292. The van der Waals surface area contributed by atoms with Crippen LogP contribution in [0.2, 0.25) is 0 Å². The van der Waals surface area contributed by atoms with Gasteiger partial charge in [0.25, 0.3) is 10.0 Å². The van der Waals surface area contributed by atoms with Crippen molar-refractivity contribution >= 4 is 21.6 Å². The van der Waals surface area contributed by atoms with Gasteiger partial charge in [-0.25, -0.2) is 12.8 Å². The molecule has 2 rings (SSSR count). The lowest BCUT2D eigenvalue weighted by Crippen LogP contribution is -2.48. The van der Waals surface area contributed by atoms with Gasteiger partial charge in [0.2, 0.25) is 5.91 Å². The number of amides is 1. The monoisotopic (exact) mass is 378 g/mol. The molecule has 5 nitrogen and oxygen atoms in total. The van der Waals surface area contributed by atoms with Gasteiger partial charge in [0, 0.05) is 5.54 Å². The van der Waals surface area contributed by atoms with Crippen molar-refractivity contribution < 1.29 is 17.6 Å². The molecule has 26 heavy (non-hydrogen) atoms. The molecule has 0 heterocycles. The highest BCUT2D eigenvalue weighted by molar-refractivity contribution is 7.92. The molecule has 0 saturated heterocycles. The molecule has 0 spiro atoms. The second-order valence-corrected chi connectivity index (χ2v) is 8.39. The minimum Gasteiger partial charge on any atom is -0.350 e. The van der Waals surface area contributed by atoms with E-state index in [1.165, 1.54) is 18.2 Å². The second kappa shape index (κ2) is 7.86. The first-order valence-electron chi connectivity index (χ1n) is 8.31. The van der Waals surface area contributed by atoms with E-state index in [2.05, 4.69) is 5.32 Å². The molecular weight excluding hydrogens is 355 g/mol. The molecule has 0 aliphatic heterocycles. The summed E-state index contributed by atoms with van der Waals surface area (Å²) in [7, 11) is -4.24. The maximum atomic E-state index is 14.1. The Morgan fingerprint density at radius 3 is 2.23 bits per heavy atom. The van der Waals surface area contributed by atoms with Crippen LogP contribution in [0.25, 0.3) is 0 Å². The van der Waals surface area contributed by atoms with Crippen molar-refractivity contribution in [1.29, 1.82) is 0 Å². The Balaban J connectivity index is 2.43. The number of rotatable bonds is 7. The fraction of sp³-hybridized carbons (Fsp3) is 0.316. The molecule has 7 heteroatoms. The van der Waals surface area contributed by atoms with E-state index in [0.29, 0.717) is 12.1 Å². The van der Waals surface area contributed by atoms with E-state index in [1.807, 2.05) is 20.8 Å². The van der Waals surface area contributed by atoms with E-state index in [-0.39, 0.29) is 0 Å². The fourth-order valence-electron chi connectivity index (χ4n) is 2.32. The first kappa shape index (κ1) is 19.9. The van der Waals surface area contributed by atoms with Gasteiger partial charge >= 0.3 is 0 Å². The van der Waals surface area contributed by atoms with Crippen LogP contribution in [0.1, 0.15) is 27.2 Å². The van der Waals surface area contributed by atoms with Crippen LogP contribution in [0.5, 0.6) is 0 Å². The number of halogens is 1. The summed E-state index contributed by atoms with van der Waals surface area (Å²) in [6.45, 7) is 5.18. The summed E-state index contributed by atoms with van der Waals surface area (Å²) in [5, 5.41) is 2.81. The highest BCUT2D eigenvalue weighted by Crippen LogP contribution is 2.25. The quantitative estimate of drug-likeness (QED) is 0.804. The zero-order valence-corrected chi connectivity index (χ0v) is 15.9. The third kappa shape index (κ3) is 4.60. The van der Waals surface area contributed by atoms with Gasteiger partial charge in [-0.2, -0.15) is 0 Å². The Bertz CT molecular complexity index is 867. The van der Waals surface area contributed by atoms with Crippen molar-refractivity contribution in [3.8, 4) is 0 Å². The predicted octanol–water partition coefficient (Wildman–Crippen LogP) is 3.33. The molecule has 2 aromatic rings. The number of para-hydroxylation sites is 1. The molecule has 140 valence electrons. The molecule has 0 unspecified atom stereocenters. The first-order valence-corrected chi connectivity index (χ1v) is 9.75. The minimum atomic E-state index is -4.24. The molecular formula is C19H23FN2O3S. The zero-order valence-electron chi connectivity index (χ0n) is 15.1. The molecule has 0 aromatic heterocycles. The molecule has 0 fully saturated rings. The van der Waals surface area contributed by atoms with Crippen LogP contribution in [0.3, 0.4) is 0 Å². The van der Waals surface area contributed by atoms with Crippen LogP contribution >= 0.6 is 0 Å². The van der Waals surface area contributed by atoms with Crippen molar-refractivity contribution in [2.75, 3.05) is 10.8 Å². The molecule has 0 atom stereocenters. The largest absolute Gasteiger partial charge is 0.350 e. The lowest BCUT2D eigenvalue weighted by Gasteiger charge is -2.28. The summed E-state index contributed by atoms with van der Waals surface area (Å²) >= 11 is 0. The van der Waals surface area contributed by atoms with Gasteiger partial charge in [-0.15, -0.1) is 0 Å². The molecule has 0 bridgehead atoms. The van der Waals surface area contributed by atoms with Gasteiger partial charge in [-0.3, -0.25) is 9.10 Å². The topological polar surface area (TPSA) is 66.5 Å². The predicted molar refractivity (Wildman–Crippen MR) is 99.9 cm³/mol. The van der Waals surface area contributed by atoms with Crippen molar-refractivity contribution in [2.45, 2.75) is 37.6 Å². The summed E-state index contributed by atoms with van der Waals surface area (Å²) in [5.74, 6) is -1.32. The van der Waals surface area contributed by atoms with E-state index < -0.39 is 38.7 Å².